The zero-order valence-corrected chi connectivity index (χ0v) is 11.8. The van der Waals surface area contributed by atoms with Crippen molar-refractivity contribution in [2.75, 3.05) is 7.11 Å². The fraction of sp³-hybridized carbons (Fsp3) is 0.0625. The monoisotopic (exact) mass is 299 g/mol. The Labute approximate surface area is 126 Å². The number of para-hydroxylation sites is 1. The van der Waals surface area contributed by atoms with Crippen LogP contribution in [-0.4, -0.2) is 18.0 Å². The predicted octanol–water partition coefficient (Wildman–Crippen LogP) is 3.19. The topological polar surface area (TPSA) is 78.7 Å². The Hall–Kier alpha value is -3.15. The number of benzene rings is 2. The largest absolute Gasteiger partial charge is 0.463 e. The van der Waals surface area contributed by atoms with Gasteiger partial charge in [-0.2, -0.15) is 0 Å². The van der Waals surface area contributed by atoms with Crippen molar-refractivity contribution in [2.45, 2.75) is 0 Å². The molecule has 0 saturated carbocycles. The Balaban J connectivity index is 2.28. The minimum Gasteiger partial charge on any atom is -0.463 e. The Kier molecular flexibility index (Phi) is 4.87. The third kappa shape index (κ3) is 3.92. The van der Waals surface area contributed by atoms with Crippen LogP contribution in [0.15, 0.2) is 60.4 Å². The number of esters is 1. The maximum Gasteiger partial charge on any atom is 0.373 e. The number of hydrogen-bond acceptors (Lipinski definition) is 5. The summed E-state index contributed by atoms with van der Waals surface area (Å²) in [6.45, 7) is 0. The van der Waals surface area contributed by atoms with E-state index >= 15 is 0 Å². The molecule has 2 aromatic carbocycles. The van der Waals surface area contributed by atoms with E-state index in [0.29, 0.717) is 11.3 Å². The fourth-order valence-corrected chi connectivity index (χ4v) is 1.69. The van der Waals surface area contributed by atoms with Crippen LogP contribution in [0.3, 0.4) is 0 Å². The third-order valence-corrected chi connectivity index (χ3v) is 2.76. The summed E-state index contributed by atoms with van der Waals surface area (Å²) in [5.41, 5.74) is 0.558. The second kappa shape index (κ2) is 7.03. The van der Waals surface area contributed by atoms with Crippen LogP contribution in [0.2, 0.25) is 0 Å². The van der Waals surface area contributed by atoms with Crippen LogP contribution < -0.4 is 4.74 Å². The number of carbonyl (C=O) groups is 1. The molecule has 112 valence electrons. The first kappa shape index (κ1) is 15.2. The Morgan fingerprint density at radius 3 is 2.27 bits per heavy atom. The highest BCUT2D eigenvalue weighted by Gasteiger charge is 2.13. The van der Waals surface area contributed by atoms with Crippen LogP contribution in [0.4, 0.5) is 5.69 Å². The summed E-state index contributed by atoms with van der Waals surface area (Å²) in [5, 5.41) is 10.6. The van der Waals surface area contributed by atoms with Crippen molar-refractivity contribution in [3.63, 3.8) is 0 Å². The van der Waals surface area contributed by atoms with E-state index in [2.05, 4.69) is 4.74 Å². The summed E-state index contributed by atoms with van der Waals surface area (Å²) >= 11 is 0. The number of carbonyl (C=O) groups excluding carboxylic acids is 1. The number of non-ortho nitro benzene ring substituents is 1. The molecule has 2 aromatic rings. The molecule has 0 aliphatic carbocycles. The maximum atomic E-state index is 11.8. The molecule has 2 rings (SSSR count). The molecular weight excluding hydrogens is 286 g/mol. The number of nitrogens with zero attached hydrogens (tertiary/aromatic N) is 1. The molecule has 0 aliphatic rings. The van der Waals surface area contributed by atoms with E-state index in [1.165, 1.54) is 37.5 Å². The molecule has 0 unspecified atom stereocenters. The molecule has 0 fully saturated rings. The molecule has 0 aromatic heterocycles. The Morgan fingerprint density at radius 1 is 1.09 bits per heavy atom. The predicted molar refractivity (Wildman–Crippen MR) is 80.2 cm³/mol. The Bertz CT molecular complexity index is 692. The molecule has 0 spiro atoms. The second-order valence-electron chi connectivity index (χ2n) is 4.26. The molecule has 0 atom stereocenters. The molecule has 0 N–H and O–H groups in total. The molecule has 6 heteroatoms. The normalized spacial score (nSPS) is 10.9. The lowest BCUT2D eigenvalue weighted by Crippen LogP contribution is -2.10. The van der Waals surface area contributed by atoms with Crippen LogP contribution in [0.5, 0.6) is 5.75 Å². The number of methoxy groups -OCH3 is 1. The second-order valence-corrected chi connectivity index (χ2v) is 4.26. The minimum absolute atomic E-state index is 0.0115. The lowest BCUT2D eigenvalue weighted by molar-refractivity contribution is -0.384. The minimum atomic E-state index is -0.637. The van der Waals surface area contributed by atoms with Crippen LogP contribution in [0.25, 0.3) is 6.08 Å². The summed E-state index contributed by atoms with van der Waals surface area (Å²) in [5.74, 6) is -0.161. The molecule has 0 bridgehead atoms. The number of hydrogen-bond donors (Lipinski definition) is 0. The van der Waals surface area contributed by atoms with Gasteiger partial charge in [-0.3, -0.25) is 10.1 Å². The van der Waals surface area contributed by atoms with Gasteiger partial charge in [0.2, 0.25) is 5.76 Å². The van der Waals surface area contributed by atoms with Gasteiger partial charge in [0.15, 0.2) is 0 Å². The van der Waals surface area contributed by atoms with E-state index in [9.17, 15) is 14.9 Å². The van der Waals surface area contributed by atoms with Gasteiger partial charge in [0.05, 0.1) is 12.0 Å². The molecule has 0 aliphatic heterocycles. The first-order chi connectivity index (χ1) is 10.6. The van der Waals surface area contributed by atoms with Crippen LogP contribution >= 0.6 is 0 Å². The quantitative estimate of drug-likeness (QED) is 0.278. The van der Waals surface area contributed by atoms with Gasteiger partial charge in [-0.25, -0.2) is 4.79 Å². The summed E-state index contributed by atoms with van der Waals surface area (Å²) in [6, 6.07) is 14.5. The van der Waals surface area contributed by atoms with Crippen molar-refractivity contribution >= 4 is 17.7 Å². The smallest absolute Gasteiger partial charge is 0.373 e. The standard InChI is InChI=1S/C16H13NO5/c1-21-16(18)15(22-14-5-3-2-4-6-14)11-12-7-9-13(10-8-12)17(19)20/h2-11H,1H3/b15-11-. The zero-order valence-electron chi connectivity index (χ0n) is 11.8. The molecule has 6 nitrogen and oxygen atoms in total. The molecule has 0 radical (unpaired) electrons. The number of nitro benzene ring substituents is 1. The van der Waals surface area contributed by atoms with Crippen molar-refractivity contribution in [2.24, 2.45) is 0 Å². The van der Waals surface area contributed by atoms with Crippen molar-refractivity contribution in [1.29, 1.82) is 0 Å². The third-order valence-electron chi connectivity index (χ3n) is 2.76. The van der Waals surface area contributed by atoms with Gasteiger partial charge in [0.25, 0.3) is 5.69 Å². The Morgan fingerprint density at radius 2 is 1.73 bits per heavy atom. The first-order valence-corrected chi connectivity index (χ1v) is 6.37. The number of nitro groups is 1. The lowest BCUT2D eigenvalue weighted by Gasteiger charge is -2.08. The van der Waals surface area contributed by atoms with Gasteiger partial charge in [-0.05, 0) is 35.9 Å². The van der Waals surface area contributed by atoms with E-state index in [0.717, 1.165) is 0 Å². The average molecular weight is 299 g/mol. The van der Waals surface area contributed by atoms with E-state index in [4.69, 9.17) is 4.74 Å². The van der Waals surface area contributed by atoms with Crippen molar-refractivity contribution in [3.05, 3.63) is 76.0 Å². The van der Waals surface area contributed by atoms with Gasteiger partial charge in [0, 0.05) is 12.1 Å². The van der Waals surface area contributed by atoms with E-state index in [1.807, 2.05) is 6.07 Å². The average Bonchev–Trinajstić information content (AvgIpc) is 2.55. The summed E-state index contributed by atoms with van der Waals surface area (Å²) in [6.07, 6.45) is 1.46. The van der Waals surface area contributed by atoms with Crippen LogP contribution in [-0.2, 0) is 9.53 Å². The molecule has 22 heavy (non-hydrogen) atoms. The van der Waals surface area contributed by atoms with Gasteiger partial charge >= 0.3 is 5.97 Å². The van der Waals surface area contributed by atoms with Crippen LogP contribution in [0, 0.1) is 10.1 Å². The highest BCUT2D eigenvalue weighted by atomic mass is 16.6. The molecule has 0 heterocycles. The van der Waals surface area contributed by atoms with Gasteiger partial charge in [-0.1, -0.05) is 18.2 Å². The molecular formula is C16H13NO5. The van der Waals surface area contributed by atoms with E-state index < -0.39 is 10.9 Å². The SMILES string of the molecule is COC(=O)/C(=C/c1ccc([N+](=O)[O-])cc1)Oc1ccccc1. The van der Waals surface area contributed by atoms with Gasteiger partial charge in [0.1, 0.15) is 5.75 Å². The summed E-state index contributed by atoms with van der Waals surface area (Å²) in [4.78, 5) is 21.9. The number of rotatable bonds is 5. The highest BCUT2D eigenvalue weighted by molar-refractivity contribution is 5.91. The van der Waals surface area contributed by atoms with E-state index in [-0.39, 0.29) is 11.4 Å². The highest BCUT2D eigenvalue weighted by Crippen LogP contribution is 2.18. The van der Waals surface area contributed by atoms with Gasteiger partial charge in [-0.15, -0.1) is 0 Å². The van der Waals surface area contributed by atoms with Crippen molar-refractivity contribution in [1.82, 2.24) is 0 Å². The summed E-state index contributed by atoms with van der Waals surface area (Å²) < 4.78 is 10.2. The zero-order chi connectivity index (χ0) is 15.9. The maximum absolute atomic E-state index is 11.8. The first-order valence-electron chi connectivity index (χ1n) is 6.37. The fourth-order valence-electron chi connectivity index (χ4n) is 1.69. The summed E-state index contributed by atoms with van der Waals surface area (Å²) in [7, 11) is 1.25. The lowest BCUT2D eigenvalue weighted by atomic mass is 10.2. The van der Waals surface area contributed by atoms with Crippen molar-refractivity contribution in [3.8, 4) is 5.75 Å². The van der Waals surface area contributed by atoms with Crippen LogP contribution in [0.1, 0.15) is 5.56 Å². The number of ether oxygens (including phenoxy) is 2. The van der Waals surface area contributed by atoms with Gasteiger partial charge < -0.3 is 9.47 Å². The van der Waals surface area contributed by atoms with Crippen molar-refractivity contribution < 1.29 is 19.2 Å². The molecule has 0 amide bonds. The molecule has 0 saturated heterocycles. The van der Waals surface area contributed by atoms with E-state index in [1.54, 1.807) is 24.3 Å².